The van der Waals surface area contributed by atoms with Crippen LogP contribution in [0.3, 0.4) is 0 Å². The molecule has 2 aromatic rings. The maximum absolute atomic E-state index is 11.9. The summed E-state index contributed by atoms with van der Waals surface area (Å²) in [7, 11) is 0. The molecule has 6 heteroatoms. The first-order chi connectivity index (χ1) is 12.2. The zero-order valence-electron chi connectivity index (χ0n) is 14.1. The second-order valence-corrected chi connectivity index (χ2v) is 6.65. The van der Waals surface area contributed by atoms with Gasteiger partial charge in [-0.05, 0) is 56.4 Å². The number of aromatic nitrogens is 2. The highest BCUT2D eigenvalue weighted by Crippen LogP contribution is 2.21. The summed E-state index contributed by atoms with van der Waals surface area (Å²) >= 11 is 5.87. The Kier molecular flexibility index (Phi) is 6.23. The molecule has 0 saturated carbocycles. The van der Waals surface area contributed by atoms with E-state index in [9.17, 15) is 4.79 Å². The molecular weight excluding hydrogens is 338 g/mol. The fourth-order valence-electron chi connectivity index (χ4n) is 2.87. The van der Waals surface area contributed by atoms with Crippen LogP contribution in [0.5, 0.6) is 0 Å². The van der Waals surface area contributed by atoms with Crippen molar-refractivity contribution >= 4 is 17.5 Å². The number of benzene rings is 1. The zero-order valence-corrected chi connectivity index (χ0v) is 14.9. The monoisotopic (exact) mass is 359 g/mol. The molecule has 0 bridgehead atoms. The smallest absolute Gasteiger partial charge is 0.247 e. The minimum atomic E-state index is 0.0163. The van der Waals surface area contributed by atoms with Gasteiger partial charge in [-0.2, -0.15) is 0 Å². The lowest BCUT2D eigenvalue weighted by Crippen LogP contribution is -2.25. The number of allylic oxidation sites excluding steroid dienone is 1. The lowest BCUT2D eigenvalue weighted by atomic mass is 9.97. The van der Waals surface area contributed by atoms with Gasteiger partial charge in [-0.15, -0.1) is 10.2 Å². The topological polar surface area (TPSA) is 68.0 Å². The van der Waals surface area contributed by atoms with Gasteiger partial charge in [0.15, 0.2) is 0 Å². The summed E-state index contributed by atoms with van der Waals surface area (Å²) in [4.78, 5) is 11.9. The van der Waals surface area contributed by atoms with Gasteiger partial charge >= 0.3 is 0 Å². The average molecular weight is 360 g/mol. The molecule has 1 N–H and O–H groups in total. The number of carbonyl (C=O) groups excluding carboxylic acids is 1. The standard InChI is InChI=1S/C19H22ClN3O2/c20-16-8-6-15(7-9-16)19-23-22-18(25-19)11-10-17(24)21-13-12-14-4-2-1-3-5-14/h4,6-9H,1-3,5,10-13H2,(H,21,24). The summed E-state index contributed by atoms with van der Waals surface area (Å²) in [6, 6.07) is 7.20. The van der Waals surface area contributed by atoms with Crippen molar-refractivity contribution in [3.63, 3.8) is 0 Å². The van der Waals surface area contributed by atoms with Crippen LogP contribution in [-0.4, -0.2) is 22.6 Å². The second-order valence-electron chi connectivity index (χ2n) is 6.22. The third-order valence-electron chi connectivity index (χ3n) is 4.28. The van der Waals surface area contributed by atoms with E-state index in [0.29, 0.717) is 36.2 Å². The van der Waals surface area contributed by atoms with E-state index in [-0.39, 0.29) is 5.91 Å². The number of amides is 1. The molecule has 5 nitrogen and oxygen atoms in total. The SMILES string of the molecule is O=C(CCc1nnc(-c2ccc(Cl)cc2)o1)NCCC1=CCCCC1. The Morgan fingerprint density at radius 2 is 2.00 bits per heavy atom. The van der Waals surface area contributed by atoms with E-state index in [0.717, 1.165) is 12.0 Å². The first-order valence-electron chi connectivity index (χ1n) is 8.73. The maximum atomic E-state index is 11.9. The summed E-state index contributed by atoms with van der Waals surface area (Å²) in [6.07, 6.45) is 8.96. The van der Waals surface area contributed by atoms with E-state index in [2.05, 4.69) is 21.6 Å². The molecule has 1 heterocycles. The van der Waals surface area contributed by atoms with Crippen molar-refractivity contribution in [2.45, 2.75) is 44.9 Å². The third-order valence-corrected chi connectivity index (χ3v) is 4.53. The Morgan fingerprint density at radius 1 is 1.16 bits per heavy atom. The largest absolute Gasteiger partial charge is 0.421 e. The normalized spacial score (nSPS) is 14.2. The summed E-state index contributed by atoms with van der Waals surface area (Å²) in [5.74, 6) is 0.925. The minimum absolute atomic E-state index is 0.0163. The highest BCUT2D eigenvalue weighted by Gasteiger charge is 2.11. The van der Waals surface area contributed by atoms with Gasteiger partial charge in [0.1, 0.15) is 0 Å². The number of hydrogen-bond acceptors (Lipinski definition) is 4. The molecule has 0 saturated heterocycles. The summed E-state index contributed by atoms with van der Waals surface area (Å²) in [6.45, 7) is 0.699. The first kappa shape index (κ1) is 17.7. The van der Waals surface area contributed by atoms with Gasteiger partial charge in [0.05, 0.1) is 0 Å². The van der Waals surface area contributed by atoms with Crippen LogP contribution in [0.25, 0.3) is 11.5 Å². The van der Waals surface area contributed by atoms with Crippen molar-refractivity contribution in [2.24, 2.45) is 0 Å². The van der Waals surface area contributed by atoms with Crippen LogP contribution in [0.15, 0.2) is 40.3 Å². The fraction of sp³-hybridized carbons (Fsp3) is 0.421. The predicted octanol–water partition coefficient (Wildman–Crippen LogP) is 4.33. The Bertz CT molecular complexity index is 737. The van der Waals surface area contributed by atoms with Crippen LogP contribution in [0.1, 0.15) is 44.4 Å². The van der Waals surface area contributed by atoms with E-state index < -0.39 is 0 Å². The molecule has 132 valence electrons. The summed E-state index contributed by atoms with van der Waals surface area (Å²) in [5, 5.41) is 11.6. The van der Waals surface area contributed by atoms with Crippen molar-refractivity contribution in [3.05, 3.63) is 46.8 Å². The number of halogens is 1. The minimum Gasteiger partial charge on any atom is -0.421 e. The molecule has 0 fully saturated rings. The third kappa shape index (κ3) is 5.43. The van der Waals surface area contributed by atoms with Gasteiger partial charge in [-0.1, -0.05) is 23.3 Å². The van der Waals surface area contributed by atoms with E-state index in [1.54, 1.807) is 12.1 Å². The molecule has 0 aliphatic heterocycles. The van der Waals surface area contributed by atoms with E-state index >= 15 is 0 Å². The Morgan fingerprint density at radius 3 is 2.76 bits per heavy atom. The van der Waals surface area contributed by atoms with Crippen LogP contribution >= 0.6 is 11.6 Å². The second kappa shape index (κ2) is 8.81. The molecule has 1 aliphatic rings. The number of rotatable bonds is 7. The van der Waals surface area contributed by atoms with Crippen LogP contribution in [0, 0.1) is 0 Å². The zero-order chi connectivity index (χ0) is 17.5. The van der Waals surface area contributed by atoms with Crippen LogP contribution in [0.2, 0.25) is 5.02 Å². The number of carbonyl (C=O) groups is 1. The Balaban J connectivity index is 1.41. The Hall–Kier alpha value is -2.14. The first-order valence-corrected chi connectivity index (χ1v) is 9.11. The maximum Gasteiger partial charge on any atom is 0.247 e. The highest BCUT2D eigenvalue weighted by molar-refractivity contribution is 6.30. The summed E-state index contributed by atoms with van der Waals surface area (Å²) < 4.78 is 5.61. The molecule has 3 rings (SSSR count). The number of hydrogen-bond donors (Lipinski definition) is 1. The predicted molar refractivity (Wildman–Crippen MR) is 97.2 cm³/mol. The highest BCUT2D eigenvalue weighted by atomic mass is 35.5. The molecule has 0 spiro atoms. The lowest BCUT2D eigenvalue weighted by molar-refractivity contribution is -0.121. The van der Waals surface area contributed by atoms with Crippen LogP contribution in [0.4, 0.5) is 0 Å². The Labute approximate surface area is 152 Å². The van der Waals surface area contributed by atoms with Crippen molar-refractivity contribution < 1.29 is 9.21 Å². The fourth-order valence-corrected chi connectivity index (χ4v) is 2.99. The molecule has 0 unspecified atom stereocenters. The van der Waals surface area contributed by atoms with Gasteiger partial charge in [0, 0.05) is 30.0 Å². The number of nitrogens with one attached hydrogen (secondary N) is 1. The van der Waals surface area contributed by atoms with Crippen LogP contribution in [-0.2, 0) is 11.2 Å². The lowest BCUT2D eigenvalue weighted by Gasteiger charge is -2.12. The molecule has 0 radical (unpaired) electrons. The van der Waals surface area contributed by atoms with E-state index in [1.165, 1.54) is 31.3 Å². The average Bonchev–Trinajstić information content (AvgIpc) is 3.10. The molecular formula is C19H22ClN3O2. The van der Waals surface area contributed by atoms with Gasteiger partial charge < -0.3 is 9.73 Å². The quantitative estimate of drug-likeness (QED) is 0.747. The van der Waals surface area contributed by atoms with E-state index in [4.69, 9.17) is 16.0 Å². The van der Waals surface area contributed by atoms with Gasteiger partial charge in [-0.25, -0.2) is 0 Å². The molecule has 1 aromatic heterocycles. The number of aryl methyl sites for hydroxylation is 1. The molecule has 1 aliphatic carbocycles. The van der Waals surface area contributed by atoms with Crippen molar-refractivity contribution in [1.82, 2.24) is 15.5 Å². The molecule has 1 aromatic carbocycles. The van der Waals surface area contributed by atoms with Gasteiger partial charge in [0.2, 0.25) is 17.7 Å². The van der Waals surface area contributed by atoms with Gasteiger partial charge in [-0.3, -0.25) is 4.79 Å². The van der Waals surface area contributed by atoms with Crippen LogP contribution < -0.4 is 5.32 Å². The van der Waals surface area contributed by atoms with Crippen molar-refractivity contribution in [2.75, 3.05) is 6.54 Å². The van der Waals surface area contributed by atoms with Crippen molar-refractivity contribution in [3.8, 4) is 11.5 Å². The van der Waals surface area contributed by atoms with Gasteiger partial charge in [0.25, 0.3) is 0 Å². The molecule has 1 amide bonds. The van der Waals surface area contributed by atoms with E-state index in [1.807, 2.05) is 12.1 Å². The molecule has 25 heavy (non-hydrogen) atoms. The number of nitrogens with zero attached hydrogens (tertiary/aromatic N) is 2. The van der Waals surface area contributed by atoms with Crippen molar-refractivity contribution in [1.29, 1.82) is 0 Å². The molecule has 0 atom stereocenters. The summed E-state index contributed by atoms with van der Waals surface area (Å²) in [5.41, 5.74) is 2.28.